The minimum atomic E-state index is -4.63. The van der Waals surface area contributed by atoms with Gasteiger partial charge in [-0.1, -0.05) is 35.3 Å². The summed E-state index contributed by atoms with van der Waals surface area (Å²) in [5, 5.41) is -0.252. The average Bonchev–Trinajstić information content (AvgIpc) is 3.02. The van der Waals surface area contributed by atoms with Crippen molar-refractivity contribution < 1.29 is 26.4 Å². The van der Waals surface area contributed by atoms with E-state index in [1.54, 1.807) is 0 Å². The predicted octanol–water partition coefficient (Wildman–Crippen LogP) is 4.63. The van der Waals surface area contributed by atoms with Gasteiger partial charge in [0.2, 0.25) is 0 Å². The Morgan fingerprint density at radius 1 is 1.13 bits per heavy atom. The summed E-state index contributed by atoms with van der Waals surface area (Å²) in [5.41, 5.74) is -1.30. The Kier molecular flexibility index (Phi) is 5.85. The van der Waals surface area contributed by atoms with E-state index in [1.807, 2.05) is 4.72 Å². The van der Waals surface area contributed by atoms with Crippen LogP contribution >= 0.6 is 23.2 Å². The molecule has 0 bridgehead atoms. The van der Waals surface area contributed by atoms with Crippen molar-refractivity contribution in [3.05, 3.63) is 75.8 Å². The van der Waals surface area contributed by atoms with Gasteiger partial charge >= 0.3 is 6.18 Å². The van der Waals surface area contributed by atoms with Crippen molar-refractivity contribution in [1.29, 1.82) is 0 Å². The van der Waals surface area contributed by atoms with Crippen LogP contribution in [0.25, 0.3) is 5.69 Å². The highest BCUT2D eigenvalue weighted by molar-refractivity contribution is 7.90. The van der Waals surface area contributed by atoms with Gasteiger partial charge in [0.1, 0.15) is 16.4 Å². The molecular weight excluding hydrogens is 466 g/mol. The number of alkyl halides is 3. The van der Waals surface area contributed by atoms with Gasteiger partial charge in [-0.25, -0.2) is 18.1 Å². The number of hydrogen-bond donors (Lipinski definition) is 1. The van der Waals surface area contributed by atoms with Crippen LogP contribution in [0, 0.1) is 6.92 Å². The normalized spacial score (nSPS) is 12.1. The molecule has 0 saturated heterocycles. The molecule has 0 spiro atoms. The topological polar surface area (TPSA) is 81.1 Å². The summed E-state index contributed by atoms with van der Waals surface area (Å²) in [6.07, 6.45) is -3.52. The molecule has 0 saturated carbocycles. The van der Waals surface area contributed by atoms with E-state index < -0.39 is 27.7 Å². The molecule has 0 aliphatic heterocycles. The second-order valence-electron chi connectivity index (χ2n) is 6.10. The fraction of sp³-hybridized carbons (Fsp3) is 0.111. The lowest BCUT2D eigenvalue weighted by Crippen LogP contribution is -2.31. The van der Waals surface area contributed by atoms with E-state index in [0.29, 0.717) is 0 Å². The van der Waals surface area contributed by atoms with Gasteiger partial charge in [0.15, 0.2) is 0 Å². The molecule has 12 heteroatoms. The second-order valence-corrected chi connectivity index (χ2v) is 8.60. The third-order valence-corrected chi connectivity index (χ3v) is 6.01. The molecule has 6 nitrogen and oxygen atoms in total. The van der Waals surface area contributed by atoms with Gasteiger partial charge in [0, 0.05) is 16.9 Å². The Morgan fingerprint density at radius 2 is 1.80 bits per heavy atom. The highest BCUT2D eigenvalue weighted by Gasteiger charge is 2.31. The SMILES string of the molecule is Cc1nc(C(=O)NS(=O)(=O)c2ccccc2Cl)cn1-c1cc(Cl)cc(C(F)(F)F)c1. The lowest BCUT2D eigenvalue weighted by atomic mass is 10.2. The van der Waals surface area contributed by atoms with Gasteiger partial charge in [0.25, 0.3) is 15.9 Å². The average molecular weight is 478 g/mol. The molecule has 0 aliphatic rings. The van der Waals surface area contributed by atoms with Crippen LogP contribution in [0.3, 0.4) is 0 Å². The summed E-state index contributed by atoms with van der Waals surface area (Å²) in [7, 11) is -4.29. The number of imidazole rings is 1. The summed E-state index contributed by atoms with van der Waals surface area (Å²) in [5.74, 6) is -0.930. The van der Waals surface area contributed by atoms with Crippen LogP contribution in [0.5, 0.6) is 0 Å². The summed E-state index contributed by atoms with van der Waals surface area (Å²) in [4.78, 5) is 16.1. The fourth-order valence-corrected chi connectivity index (χ4v) is 4.32. The summed E-state index contributed by atoms with van der Waals surface area (Å²) in [6, 6.07) is 8.37. The van der Waals surface area contributed by atoms with Crippen LogP contribution in [0.15, 0.2) is 53.6 Å². The lowest BCUT2D eigenvalue weighted by Gasteiger charge is -2.11. The van der Waals surface area contributed by atoms with E-state index in [2.05, 4.69) is 4.98 Å². The molecular formula is C18H12Cl2F3N3O3S. The van der Waals surface area contributed by atoms with Crippen molar-refractivity contribution in [2.75, 3.05) is 0 Å². The molecule has 3 aromatic rings. The number of aromatic nitrogens is 2. The highest BCUT2D eigenvalue weighted by Crippen LogP contribution is 2.33. The number of benzene rings is 2. The molecule has 30 heavy (non-hydrogen) atoms. The van der Waals surface area contributed by atoms with Crippen LogP contribution in [0.2, 0.25) is 10.0 Å². The van der Waals surface area contributed by atoms with Crippen LogP contribution < -0.4 is 4.72 Å². The van der Waals surface area contributed by atoms with Crippen LogP contribution in [-0.2, 0) is 16.2 Å². The van der Waals surface area contributed by atoms with Crippen LogP contribution in [0.4, 0.5) is 13.2 Å². The number of aryl methyl sites for hydroxylation is 1. The fourth-order valence-electron chi connectivity index (χ4n) is 2.61. The third-order valence-electron chi connectivity index (χ3n) is 3.96. The Hall–Kier alpha value is -2.56. The summed E-state index contributed by atoms with van der Waals surface area (Å²) >= 11 is 11.7. The van der Waals surface area contributed by atoms with E-state index >= 15 is 0 Å². The van der Waals surface area contributed by atoms with Crippen molar-refractivity contribution in [1.82, 2.24) is 14.3 Å². The first-order chi connectivity index (χ1) is 13.9. The molecule has 3 rings (SSSR count). The van der Waals surface area contributed by atoms with Crippen molar-refractivity contribution in [2.24, 2.45) is 0 Å². The quantitative estimate of drug-likeness (QED) is 0.594. The number of amides is 1. The van der Waals surface area contributed by atoms with Gasteiger partial charge in [0.05, 0.1) is 10.6 Å². The Bertz CT molecular complexity index is 1240. The van der Waals surface area contributed by atoms with Crippen LogP contribution in [0.1, 0.15) is 21.9 Å². The van der Waals surface area contributed by atoms with Gasteiger partial charge in [-0.3, -0.25) is 4.79 Å². The van der Waals surface area contributed by atoms with Crippen molar-refractivity contribution in [3.8, 4) is 5.69 Å². The number of nitrogens with zero attached hydrogens (tertiary/aromatic N) is 2. The Morgan fingerprint density at radius 3 is 2.43 bits per heavy atom. The number of rotatable bonds is 4. The molecule has 1 aromatic heterocycles. The number of hydrogen-bond acceptors (Lipinski definition) is 4. The standard InChI is InChI=1S/C18H12Cl2F3N3O3S/c1-10-24-15(17(27)25-30(28,29)16-5-3-2-4-14(16)20)9-26(10)13-7-11(18(21,22)23)6-12(19)8-13/h2-9H,1H3,(H,25,27). The molecule has 1 N–H and O–H groups in total. The molecule has 0 atom stereocenters. The van der Waals surface area contributed by atoms with Gasteiger partial charge in [-0.05, 0) is 37.3 Å². The van der Waals surface area contributed by atoms with E-state index in [-0.39, 0.29) is 32.1 Å². The first kappa shape index (κ1) is 22.1. The van der Waals surface area contributed by atoms with Gasteiger partial charge in [-0.2, -0.15) is 13.2 Å². The molecule has 0 unspecified atom stereocenters. The second kappa shape index (κ2) is 7.93. The number of carbonyl (C=O) groups excluding carboxylic acids is 1. The minimum absolute atomic E-state index is 0.00726. The number of sulfonamides is 1. The molecule has 0 aliphatic carbocycles. The maximum atomic E-state index is 13.1. The van der Waals surface area contributed by atoms with Crippen molar-refractivity contribution in [2.45, 2.75) is 18.0 Å². The van der Waals surface area contributed by atoms with Gasteiger partial charge < -0.3 is 4.57 Å². The van der Waals surface area contributed by atoms with Crippen molar-refractivity contribution in [3.63, 3.8) is 0 Å². The zero-order valence-electron chi connectivity index (χ0n) is 15.0. The molecule has 0 fully saturated rings. The monoisotopic (exact) mass is 477 g/mol. The maximum absolute atomic E-state index is 13.1. The van der Waals surface area contributed by atoms with Gasteiger partial charge in [-0.15, -0.1) is 0 Å². The Balaban J connectivity index is 1.94. The van der Waals surface area contributed by atoms with Crippen LogP contribution in [-0.4, -0.2) is 23.9 Å². The molecule has 1 amide bonds. The van der Waals surface area contributed by atoms with Crippen molar-refractivity contribution >= 4 is 39.1 Å². The smallest absolute Gasteiger partial charge is 0.303 e. The molecule has 1 heterocycles. The number of halogens is 5. The molecule has 158 valence electrons. The minimum Gasteiger partial charge on any atom is -0.303 e. The maximum Gasteiger partial charge on any atom is 0.416 e. The molecule has 2 aromatic carbocycles. The van der Waals surface area contributed by atoms with E-state index in [0.717, 1.165) is 18.3 Å². The van der Waals surface area contributed by atoms with E-state index in [1.165, 1.54) is 41.8 Å². The largest absolute Gasteiger partial charge is 0.416 e. The zero-order valence-corrected chi connectivity index (χ0v) is 17.4. The molecule has 0 radical (unpaired) electrons. The first-order valence-electron chi connectivity index (χ1n) is 8.14. The Labute approximate surface area is 179 Å². The predicted molar refractivity (Wildman–Crippen MR) is 104 cm³/mol. The first-order valence-corrected chi connectivity index (χ1v) is 10.4. The van der Waals surface area contributed by atoms with E-state index in [9.17, 15) is 26.4 Å². The summed E-state index contributed by atoms with van der Waals surface area (Å²) < 4.78 is 67.0. The lowest BCUT2D eigenvalue weighted by molar-refractivity contribution is -0.137. The van der Waals surface area contributed by atoms with E-state index in [4.69, 9.17) is 23.2 Å². The number of carbonyl (C=O) groups is 1. The zero-order chi connectivity index (χ0) is 22.3. The third kappa shape index (κ3) is 4.61. The number of nitrogens with one attached hydrogen (secondary N) is 1. The summed E-state index contributed by atoms with van der Waals surface area (Å²) in [6.45, 7) is 1.44. The highest BCUT2D eigenvalue weighted by atomic mass is 35.5.